The minimum absolute atomic E-state index is 0.189. The zero-order chi connectivity index (χ0) is 15.2. The van der Waals surface area contributed by atoms with Crippen molar-refractivity contribution in [3.63, 3.8) is 0 Å². The van der Waals surface area contributed by atoms with E-state index in [1.54, 1.807) is 13.2 Å². The third kappa shape index (κ3) is 4.20. The van der Waals surface area contributed by atoms with Crippen molar-refractivity contribution in [2.75, 3.05) is 12.4 Å². The van der Waals surface area contributed by atoms with Crippen LogP contribution in [0.25, 0.3) is 6.08 Å². The first-order valence-electron chi connectivity index (χ1n) is 6.48. The Balaban J connectivity index is 2.09. The molecular formula is C17H16BrNO2. The minimum Gasteiger partial charge on any atom is -0.496 e. The number of aryl methyl sites for hydroxylation is 1. The van der Waals surface area contributed by atoms with E-state index in [-0.39, 0.29) is 5.91 Å². The molecule has 0 fully saturated rings. The maximum absolute atomic E-state index is 12.0. The Labute approximate surface area is 132 Å². The summed E-state index contributed by atoms with van der Waals surface area (Å²) in [4.78, 5) is 12.0. The first-order chi connectivity index (χ1) is 10.1. The fourth-order valence-electron chi connectivity index (χ4n) is 1.87. The smallest absolute Gasteiger partial charge is 0.248 e. The molecule has 4 heteroatoms. The minimum atomic E-state index is -0.189. The summed E-state index contributed by atoms with van der Waals surface area (Å²) in [6.45, 7) is 2.00. The molecule has 0 atom stereocenters. The zero-order valence-corrected chi connectivity index (χ0v) is 13.5. The van der Waals surface area contributed by atoms with Gasteiger partial charge in [-0.05, 0) is 52.7 Å². The van der Waals surface area contributed by atoms with Crippen molar-refractivity contribution in [2.24, 2.45) is 0 Å². The van der Waals surface area contributed by atoms with Gasteiger partial charge in [0.15, 0.2) is 0 Å². The van der Waals surface area contributed by atoms with Crippen LogP contribution in [0.4, 0.5) is 5.69 Å². The number of benzene rings is 2. The lowest BCUT2D eigenvalue weighted by atomic mass is 10.2. The van der Waals surface area contributed by atoms with Crippen LogP contribution in [-0.4, -0.2) is 13.0 Å². The number of carbonyl (C=O) groups is 1. The average molecular weight is 346 g/mol. The van der Waals surface area contributed by atoms with Gasteiger partial charge in [0.25, 0.3) is 0 Å². The molecule has 0 aliphatic heterocycles. The van der Waals surface area contributed by atoms with Crippen molar-refractivity contribution in [1.82, 2.24) is 0 Å². The predicted molar refractivity (Wildman–Crippen MR) is 89.5 cm³/mol. The van der Waals surface area contributed by atoms with Crippen molar-refractivity contribution in [1.29, 1.82) is 0 Å². The summed E-state index contributed by atoms with van der Waals surface area (Å²) in [5, 5.41) is 2.83. The number of carbonyl (C=O) groups excluding carboxylic acids is 1. The Morgan fingerprint density at radius 1 is 1.24 bits per heavy atom. The van der Waals surface area contributed by atoms with Gasteiger partial charge in [0, 0.05) is 16.1 Å². The van der Waals surface area contributed by atoms with E-state index in [4.69, 9.17) is 4.74 Å². The van der Waals surface area contributed by atoms with Crippen LogP contribution < -0.4 is 10.1 Å². The Hall–Kier alpha value is -2.07. The average Bonchev–Trinajstić information content (AvgIpc) is 2.48. The largest absolute Gasteiger partial charge is 0.496 e. The van der Waals surface area contributed by atoms with Gasteiger partial charge in [0.1, 0.15) is 5.75 Å². The first kappa shape index (κ1) is 15.3. The Morgan fingerprint density at radius 3 is 2.71 bits per heavy atom. The molecule has 0 aliphatic rings. The molecule has 0 bridgehead atoms. The highest BCUT2D eigenvalue weighted by Crippen LogP contribution is 2.23. The van der Waals surface area contributed by atoms with Crippen molar-refractivity contribution >= 4 is 33.6 Å². The van der Waals surface area contributed by atoms with Gasteiger partial charge < -0.3 is 10.1 Å². The van der Waals surface area contributed by atoms with Gasteiger partial charge in [0.05, 0.1) is 12.8 Å². The number of amides is 1. The van der Waals surface area contributed by atoms with Gasteiger partial charge in [-0.25, -0.2) is 0 Å². The number of methoxy groups -OCH3 is 1. The third-order valence-electron chi connectivity index (χ3n) is 2.94. The summed E-state index contributed by atoms with van der Waals surface area (Å²) >= 11 is 3.44. The molecule has 0 heterocycles. The van der Waals surface area contributed by atoms with Crippen molar-refractivity contribution in [3.8, 4) is 5.75 Å². The number of rotatable bonds is 4. The van der Waals surface area contributed by atoms with Crippen LogP contribution in [-0.2, 0) is 4.79 Å². The molecule has 2 aromatic rings. The molecule has 0 saturated heterocycles. The summed E-state index contributed by atoms with van der Waals surface area (Å²) in [6.07, 6.45) is 3.22. The van der Waals surface area contributed by atoms with E-state index >= 15 is 0 Å². The van der Waals surface area contributed by atoms with E-state index in [2.05, 4.69) is 21.2 Å². The molecule has 1 N–H and O–H groups in total. The molecule has 1 amide bonds. The van der Waals surface area contributed by atoms with Crippen molar-refractivity contribution < 1.29 is 9.53 Å². The summed E-state index contributed by atoms with van der Waals surface area (Å²) in [7, 11) is 1.61. The van der Waals surface area contributed by atoms with Crippen LogP contribution >= 0.6 is 15.9 Å². The van der Waals surface area contributed by atoms with E-state index < -0.39 is 0 Å². The number of anilines is 1. The van der Waals surface area contributed by atoms with Crippen LogP contribution in [0.5, 0.6) is 5.75 Å². The maximum atomic E-state index is 12.0. The second-order valence-electron chi connectivity index (χ2n) is 4.55. The van der Waals surface area contributed by atoms with Crippen LogP contribution in [0, 0.1) is 6.92 Å². The highest BCUT2D eigenvalue weighted by molar-refractivity contribution is 9.10. The monoisotopic (exact) mass is 345 g/mol. The number of para-hydroxylation sites is 1. The van der Waals surface area contributed by atoms with Gasteiger partial charge in [-0.3, -0.25) is 4.79 Å². The SMILES string of the molecule is COc1ccccc1/C=C/C(=O)Nc1ccc(C)cc1Br. The number of hydrogen-bond donors (Lipinski definition) is 1. The van der Waals surface area contributed by atoms with Gasteiger partial charge in [-0.1, -0.05) is 24.3 Å². The zero-order valence-electron chi connectivity index (χ0n) is 11.9. The summed E-state index contributed by atoms with van der Waals surface area (Å²) < 4.78 is 6.10. The molecule has 3 nitrogen and oxygen atoms in total. The molecule has 0 spiro atoms. The predicted octanol–water partition coefficient (Wildman–Crippen LogP) is 4.42. The molecule has 0 unspecified atom stereocenters. The van der Waals surface area contributed by atoms with E-state index in [9.17, 15) is 4.79 Å². The van der Waals surface area contributed by atoms with Crippen LogP contribution in [0.2, 0.25) is 0 Å². The highest BCUT2D eigenvalue weighted by atomic mass is 79.9. The van der Waals surface area contributed by atoms with Crippen LogP contribution in [0.3, 0.4) is 0 Å². The lowest BCUT2D eigenvalue weighted by Gasteiger charge is -2.06. The normalized spacial score (nSPS) is 10.6. The quantitative estimate of drug-likeness (QED) is 0.833. The Bertz CT molecular complexity index is 680. The molecule has 0 aliphatic carbocycles. The molecule has 108 valence electrons. The van der Waals surface area contributed by atoms with Gasteiger partial charge in [0.2, 0.25) is 5.91 Å². The maximum Gasteiger partial charge on any atom is 0.248 e. The van der Waals surface area contributed by atoms with E-state index in [1.165, 1.54) is 6.08 Å². The Kier molecular flexibility index (Phi) is 5.17. The topological polar surface area (TPSA) is 38.3 Å². The molecule has 21 heavy (non-hydrogen) atoms. The molecule has 0 aromatic heterocycles. The first-order valence-corrected chi connectivity index (χ1v) is 7.27. The summed E-state index contributed by atoms with van der Waals surface area (Å²) in [6, 6.07) is 13.3. The molecule has 2 aromatic carbocycles. The summed E-state index contributed by atoms with van der Waals surface area (Å²) in [5.41, 5.74) is 2.73. The van der Waals surface area contributed by atoms with Crippen LogP contribution in [0.15, 0.2) is 53.0 Å². The van der Waals surface area contributed by atoms with E-state index in [0.29, 0.717) is 0 Å². The number of halogens is 1. The fraction of sp³-hybridized carbons (Fsp3) is 0.118. The van der Waals surface area contributed by atoms with Gasteiger partial charge >= 0.3 is 0 Å². The summed E-state index contributed by atoms with van der Waals surface area (Å²) in [5.74, 6) is 0.545. The van der Waals surface area contributed by atoms with Crippen molar-refractivity contribution in [2.45, 2.75) is 6.92 Å². The lowest BCUT2D eigenvalue weighted by Crippen LogP contribution is -2.08. The Morgan fingerprint density at radius 2 is 2.00 bits per heavy atom. The second-order valence-corrected chi connectivity index (χ2v) is 5.40. The van der Waals surface area contributed by atoms with Gasteiger partial charge in [-0.2, -0.15) is 0 Å². The fourth-order valence-corrected chi connectivity index (χ4v) is 2.46. The van der Waals surface area contributed by atoms with E-state index in [1.807, 2.05) is 49.4 Å². The van der Waals surface area contributed by atoms with Crippen molar-refractivity contribution in [3.05, 3.63) is 64.1 Å². The molecule has 0 radical (unpaired) electrons. The number of nitrogens with one attached hydrogen (secondary N) is 1. The van der Waals surface area contributed by atoms with E-state index in [0.717, 1.165) is 27.0 Å². The number of hydrogen-bond acceptors (Lipinski definition) is 2. The standard InChI is InChI=1S/C17H16BrNO2/c1-12-7-9-15(14(18)11-12)19-17(20)10-8-13-5-3-4-6-16(13)21-2/h3-11H,1-2H3,(H,19,20)/b10-8+. The van der Waals surface area contributed by atoms with Crippen LogP contribution in [0.1, 0.15) is 11.1 Å². The number of ether oxygens (including phenoxy) is 1. The van der Waals surface area contributed by atoms with Gasteiger partial charge in [-0.15, -0.1) is 0 Å². The molecule has 2 rings (SSSR count). The third-order valence-corrected chi connectivity index (χ3v) is 3.59. The molecular weight excluding hydrogens is 330 g/mol. The second kappa shape index (κ2) is 7.09. The highest BCUT2D eigenvalue weighted by Gasteiger charge is 2.03. The lowest BCUT2D eigenvalue weighted by molar-refractivity contribution is -0.111. The molecule has 0 saturated carbocycles.